The van der Waals surface area contributed by atoms with Crippen LogP contribution >= 0.6 is 0 Å². The van der Waals surface area contributed by atoms with E-state index in [1.807, 2.05) is 84.9 Å². The van der Waals surface area contributed by atoms with Crippen molar-refractivity contribution in [1.82, 2.24) is 10.9 Å². The van der Waals surface area contributed by atoms with Crippen molar-refractivity contribution < 1.29 is 9.59 Å². The molecule has 0 fully saturated rings. The fraction of sp³-hybridized carbons (Fsp3) is 0.133. The zero-order valence-corrected chi connectivity index (χ0v) is 19.5. The van der Waals surface area contributed by atoms with Gasteiger partial charge in [0.1, 0.15) is 0 Å². The molecule has 178 valence electrons. The molecule has 0 radical (unpaired) electrons. The van der Waals surface area contributed by atoms with Crippen LogP contribution in [0.3, 0.4) is 0 Å². The smallest absolute Gasteiger partial charge is 0.243 e. The summed E-state index contributed by atoms with van der Waals surface area (Å²) >= 11 is 0. The van der Waals surface area contributed by atoms with E-state index >= 15 is 0 Å². The molecule has 0 saturated heterocycles. The summed E-state index contributed by atoms with van der Waals surface area (Å²) in [5, 5.41) is 0. The molecule has 0 aromatic heterocycles. The van der Waals surface area contributed by atoms with Gasteiger partial charge in [-0.05, 0) is 46.5 Å². The second kappa shape index (κ2) is 9.23. The number of carbonyl (C=O) groups is 2. The van der Waals surface area contributed by atoms with Crippen LogP contribution in [-0.2, 0) is 9.59 Å². The van der Waals surface area contributed by atoms with Gasteiger partial charge in [-0.25, -0.2) is 0 Å². The number of anilines is 2. The van der Waals surface area contributed by atoms with E-state index < -0.39 is 11.8 Å². The van der Waals surface area contributed by atoms with Gasteiger partial charge in [0.2, 0.25) is 11.8 Å². The summed E-state index contributed by atoms with van der Waals surface area (Å²) in [5.41, 5.74) is 17.8. The molecule has 6 nitrogen and oxygen atoms in total. The highest BCUT2D eigenvalue weighted by Gasteiger charge is 2.55. The van der Waals surface area contributed by atoms with Gasteiger partial charge in [-0.1, -0.05) is 84.9 Å². The van der Waals surface area contributed by atoms with Crippen molar-refractivity contribution >= 4 is 23.2 Å². The number of hydrogen-bond acceptors (Lipinski definition) is 4. The summed E-state index contributed by atoms with van der Waals surface area (Å²) in [6, 6.07) is 35.3. The van der Waals surface area contributed by atoms with E-state index in [4.69, 9.17) is 0 Å². The average Bonchev–Trinajstić information content (AvgIpc) is 2.95. The highest BCUT2D eigenvalue weighted by atomic mass is 16.2. The molecule has 3 aliphatic carbocycles. The van der Waals surface area contributed by atoms with E-state index in [2.05, 4.69) is 46.0 Å². The van der Waals surface area contributed by atoms with Gasteiger partial charge in [0.25, 0.3) is 0 Å². The van der Waals surface area contributed by atoms with Crippen molar-refractivity contribution in [3.63, 3.8) is 0 Å². The van der Waals surface area contributed by atoms with Crippen molar-refractivity contribution in [2.45, 2.75) is 11.8 Å². The molecule has 4 N–H and O–H groups in total. The number of nitrogens with one attached hydrogen (secondary N) is 4. The molecule has 0 unspecified atom stereocenters. The zero-order valence-electron chi connectivity index (χ0n) is 19.5. The van der Waals surface area contributed by atoms with Crippen LogP contribution < -0.4 is 21.7 Å². The Balaban J connectivity index is 1.38. The van der Waals surface area contributed by atoms with Crippen LogP contribution in [0.4, 0.5) is 11.4 Å². The number of carbonyl (C=O) groups excluding carboxylic acids is 2. The van der Waals surface area contributed by atoms with Gasteiger partial charge in [0, 0.05) is 11.8 Å². The maximum absolute atomic E-state index is 13.8. The number of rotatable bonds is 6. The lowest BCUT2D eigenvalue weighted by Crippen LogP contribution is -2.54. The maximum atomic E-state index is 13.8. The maximum Gasteiger partial charge on any atom is 0.243 e. The van der Waals surface area contributed by atoms with Crippen LogP contribution in [0.25, 0.3) is 0 Å². The summed E-state index contributed by atoms with van der Waals surface area (Å²) in [4.78, 5) is 27.6. The summed E-state index contributed by atoms with van der Waals surface area (Å²) in [5.74, 6) is -2.06. The predicted octanol–water partition coefficient (Wildman–Crippen LogP) is 4.80. The minimum Gasteiger partial charge on any atom is -0.299 e. The molecule has 2 atom stereocenters. The highest BCUT2D eigenvalue weighted by Crippen LogP contribution is 2.58. The van der Waals surface area contributed by atoms with Crippen LogP contribution in [0.1, 0.15) is 34.1 Å². The summed E-state index contributed by atoms with van der Waals surface area (Å²) in [6.07, 6.45) is 0. The summed E-state index contributed by atoms with van der Waals surface area (Å²) in [6.45, 7) is 0. The molecule has 0 heterocycles. The van der Waals surface area contributed by atoms with Gasteiger partial charge in [-0.15, -0.1) is 0 Å². The Morgan fingerprint density at radius 1 is 0.444 bits per heavy atom. The molecule has 2 bridgehead atoms. The van der Waals surface area contributed by atoms with E-state index in [0.717, 1.165) is 33.6 Å². The minimum absolute atomic E-state index is 0.210. The monoisotopic (exact) mass is 474 g/mol. The van der Waals surface area contributed by atoms with Crippen LogP contribution in [0.5, 0.6) is 0 Å². The van der Waals surface area contributed by atoms with E-state index in [0.29, 0.717) is 0 Å². The Kier molecular flexibility index (Phi) is 5.62. The third-order valence-electron chi connectivity index (χ3n) is 7.25. The molecule has 2 amide bonds. The molecule has 3 aliphatic rings. The molecule has 4 aromatic rings. The highest BCUT2D eigenvalue weighted by molar-refractivity contribution is 5.93. The lowest BCUT2D eigenvalue weighted by Gasteiger charge is -2.49. The van der Waals surface area contributed by atoms with Gasteiger partial charge in [0.05, 0.1) is 23.2 Å². The zero-order chi connectivity index (χ0) is 24.5. The standard InChI is InChI=1S/C30H26N4O2/c35-29(33-31-19-11-3-1-4-12-19)27-25-21-15-7-9-17-23(21)26(24-18-10-8-16-22(24)25)28(27)30(36)34-32-20-13-5-2-6-14-20/h1-18,25-28,31-32H,(H,33,35)(H,34,36)/t25?,26?,27-,28-/m1/s1. The molecule has 6 heteroatoms. The molecule has 0 saturated carbocycles. The molecule has 0 spiro atoms. The number of hydrogen-bond donors (Lipinski definition) is 4. The normalized spacial score (nSPS) is 21.0. The fourth-order valence-electron chi connectivity index (χ4n) is 5.78. The van der Waals surface area contributed by atoms with Gasteiger partial charge in [0.15, 0.2) is 0 Å². The van der Waals surface area contributed by atoms with Gasteiger partial charge in [-0.3, -0.25) is 31.3 Å². The van der Waals surface area contributed by atoms with Gasteiger partial charge >= 0.3 is 0 Å². The van der Waals surface area contributed by atoms with E-state index in [1.165, 1.54) is 0 Å². The Bertz CT molecular complexity index is 1250. The second-order valence-corrected chi connectivity index (χ2v) is 9.23. The fourth-order valence-corrected chi connectivity index (χ4v) is 5.78. The number of benzene rings is 4. The Hall–Kier alpha value is -4.58. The Morgan fingerprint density at radius 2 is 0.750 bits per heavy atom. The number of fused-ring (bicyclic) bond motifs is 1. The largest absolute Gasteiger partial charge is 0.299 e. The molecule has 4 aromatic carbocycles. The number of amides is 2. The van der Waals surface area contributed by atoms with Crippen LogP contribution in [0.15, 0.2) is 109 Å². The van der Waals surface area contributed by atoms with Gasteiger partial charge < -0.3 is 0 Å². The van der Waals surface area contributed by atoms with Crippen LogP contribution in [0, 0.1) is 11.8 Å². The Morgan fingerprint density at radius 3 is 1.08 bits per heavy atom. The molecule has 0 aliphatic heterocycles. The average molecular weight is 475 g/mol. The minimum atomic E-state index is -0.589. The van der Waals surface area contributed by atoms with Crippen LogP contribution in [-0.4, -0.2) is 11.8 Å². The third-order valence-corrected chi connectivity index (χ3v) is 7.25. The topological polar surface area (TPSA) is 82.3 Å². The predicted molar refractivity (Wildman–Crippen MR) is 140 cm³/mol. The van der Waals surface area contributed by atoms with Crippen molar-refractivity contribution in [1.29, 1.82) is 0 Å². The third kappa shape index (κ3) is 3.77. The molecular formula is C30H26N4O2. The van der Waals surface area contributed by atoms with Crippen molar-refractivity contribution in [2.75, 3.05) is 10.9 Å². The molecular weight excluding hydrogens is 448 g/mol. The SMILES string of the molecule is O=C(NNc1ccccc1)[C@@H]1C2c3ccccc3C(c3ccccc32)[C@H]1C(=O)NNc1ccccc1. The van der Waals surface area contributed by atoms with Gasteiger partial charge in [-0.2, -0.15) is 0 Å². The second-order valence-electron chi connectivity index (χ2n) is 9.23. The van der Waals surface area contributed by atoms with E-state index in [1.54, 1.807) is 0 Å². The first-order chi connectivity index (χ1) is 17.7. The van der Waals surface area contributed by atoms with Crippen molar-refractivity contribution in [3.8, 4) is 0 Å². The molecule has 7 rings (SSSR count). The first kappa shape index (κ1) is 21.9. The first-order valence-corrected chi connectivity index (χ1v) is 12.1. The molecule has 36 heavy (non-hydrogen) atoms. The van der Waals surface area contributed by atoms with E-state index in [-0.39, 0.29) is 23.7 Å². The van der Waals surface area contributed by atoms with Crippen molar-refractivity contribution in [2.24, 2.45) is 11.8 Å². The van der Waals surface area contributed by atoms with Crippen molar-refractivity contribution in [3.05, 3.63) is 131 Å². The Labute approximate surface area is 209 Å². The first-order valence-electron chi connectivity index (χ1n) is 12.1. The lowest BCUT2D eigenvalue weighted by atomic mass is 9.54. The van der Waals surface area contributed by atoms with E-state index in [9.17, 15) is 9.59 Å². The number of para-hydroxylation sites is 2. The lowest BCUT2D eigenvalue weighted by molar-refractivity contribution is -0.136. The summed E-state index contributed by atoms with van der Waals surface area (Å²) in [7, 11) is 0. The summed E-state index contributed by atoms with van der Waals surface area (Å²) < 4.78 is 0. The quantitative estimate of drug-likeness (QED) is 0.303. The van der Waals surface area contributed by atoms with Crippen LogP contribution in [0.2, 0.25) is 0 Å². The number of hydrazine groups is 2.